The topological polar surface area (TPSA) is 70.0 Å². The predicted molar refractivity (Wildman–Crippen MR) is 136 cm³/mol. The zero-order valence-corrected chi connectivity index (χ0v) is 19.1. The highest BCUT2D eigenvalue weighted by atomic mass is 35.5. The fourth-order valence-electron chi connectivity index (χ4n) is 3.56. The first-order valence-corrected chi connectivity index (χ1v) is 10.9. The van der Waals surface area contributed by atoms with E-state index in [9.17, 15) is 15.0 Å². The van der Waals surface area contributed by atoms with Gasteiger partial charge in [-0.1, -0.05) is 41.9 Å². The summed E-state index contributed by atoms with van der Waals surface area (Å²) in [5.41, 5.74) is 3.70. The standard InChI is InChI=1S/C28H22ClNO4/c1-30(24-13-9-22(29)10-14-24)23-11-7-19(8-12-23)27(18-31)20-15-21(28(32)33)17-26(16-20)34-25-5-3-2-4-6-25/h2-18,31H,1H3,(H,32,33)/b27-18+. The van der Waals surface area contributed by atoms with Crippen LogP contribution in [0.3, 0.4) is 0 Å². The molecule has 0 amide bonds. The van der Waals surface area contributed by atoms with E-state index in [0.29, 0.717) is 27.7 Å². The summed E-state index contributed by atoms with van der Waals surface area (Å²) in [6.45, 7) is 0. The third-order valence-corrected chi connectivity index (χ3v) is 5.60. The number of rotatable bonds is 7. The van der Waals surface area contributed by atoms with Crippen molar-refractivity contribution >= 4 is 34.5 Å². The monoisotopic (exact) mass is 471 g/mol. The Morgan fingerprint density at radius 2 is 1.38 bits per heavy atom. The lowest BCUT2D eigenvalue weighted by atomic mass is 9.96. The second-order valence-electron chi connectivity index (χ2n) is 7.59. The summed E-state index contributed by atoms with van der Waals surface area (Å²) < 4.78 is 5.86. The van der Waals surface area contributed by atoms with Gasteiger partial charge in [0, 0.05) is 29.0 Å². The van der Waals surface area contributed by atoms with Gasteiger partial charge in [0.1, 0.15) is 11.5 Å². The summed E-state index contributed by atoms with van der Waals surface area (Å²) in [6, 6.07) is 28.9. The van der Waals surface area contributed by atoms with Crippen molar-refractivity contribution in [3.8, 4) is 11.5 Å². The van der Waals surface area contributed by atoms with Gasteiger partial charge in [-0.15, -0.1) is 0 Å². The maximum absolute atomic E-state index is 11.7. The van der Waals surface area contributed by atoms with Gasteiger partial charge in [-0.05, 0) is 77.9 Å². The van der Waals surface area contributed by atoms with Crippen LogP contribution >= 0.6 is 11.6 Å². The maximum atomic E-state index is 11.7. The Morgan fingerprint density at radius 1 is 0.794 bits per heavy atom. The van der Waals surface area contributed by atoms with Crippen LogP contribution in [0.15, 0.2) is 103 Å². The highest BCUT2D eigenvalue weighted by Crippen LogP contribution is 2.32. The number of nitrogens with zero attached hydrogens (tertiary/aromatic N) is 1. The number of anilines is 2. The Hall–Kier alpha value is -4.22. The van der Waals surface area contributed by atoms with Crippen molar-refractivity contribution in [1.82, 2.24) is 0 Å². The van der Waals surface area contributed by atoms with Crippen LogP contribution in [0.2, 0.25) is 5.02 Å². The number of hydrogen-bond donors (Lipinski definition) is 2. The zero-order chi connectivity index (χ0) is 24.1. The number of aromatic carboxylic acids is 1. The molecule has 0 unspecified atom stereocenters. The average Bonchev–Trinajstić information content (AvgIpc) is 2.85. The van der Waals surface area contributed by atoms with Crippen molar-refractivity contribution in [1.29, 1.82) is 0 Å². The van der Waals surface area contributed by atoms with Crippen molar-refractivity contribution in [2.75, 3.05) is 11.9 Å². The molecule has 0 heterocycles. The Balaban J connectivity index is 1.65. The lowest BCUT2D eigenvalue weighted by Crippen LogP contribution is -2.09. The lowest BCUT2D eigenvalue weighted by Gasteiger charge is -2.20. The van der Waals surface area contributed by atoms with Crippen LogP contribution in [0.1, 0.15) is 21.5 Å². The van der Waals surface area contributed by atoms with E-state index in [0.717, 1.165) is 23.2 Å². The first-order chi connectivity index (χ1) is 16.4. The van der Waals surface area contributed by atoms with E-state index in [4.69, 9.17) is 16.3 Å². The molecule has 0 aliphatic heterocycles. The summed E-state index contributed by atoms with van der Waals surface area (Å²) in [7, 11) is 1.95. The molecule has 0 saturated heterocycles. The van der Waals surface area contributed by atoms with Gasteiger partial charge in [-0.2, -0.15) is 0 Å². The van der Waals surface area contributed by atoms with Gasteiger partial charge in [0.2, 0.25) is 0 Å². The normalized spacial score (nSPS) is 11.2. The summed E-state index contributed by atoms with van der Waals surface area (Å²) in [6.07, 6.45) is 0.977. The van der Waals surface area contributed by atoms with Crippen molar-refractivity contribution in [2.45, 2.75) is 0 Å². The summed E-state index contributed by atoms with van der Waals surface area (Å²) in [5, 5.41) is 20.3. The van der Waals surface area contributed by atoms with Crippen LogP contribution in [0.4, 0.5) is 11.4 Å². The number of aliphatic hydroxyl groups is 1. The molecular weight excluding hydrogens is 450 g/mol. The molecule has 0 radical (unpaired) electrons. The van der Waals surface area contributed by atoms with E-state index in [1.807, 2.05) is 78.7 Å². The molecule has 0 saturated carbocycles. The lowest BCUT2D eigenvalue weighted by molar-refractivity contribution is 0.0696. The van der Waals surface area contributed by atoms with E-state index in [1.54, 1.807) is 18.2 Å². The highest BCUT2D eigenvalue weighted by molar-refractivity contribution is 6.30. The van der Waals surface area contributed by atoms with E-state index < -0.39 is 5.97 Å². The van der Waals surface area contributed by atoms with Crippen LogP contribution < -0.4 is 9.64 Å². The van der Waals surface area contributed by atoms with Crippen molar-refractivity contribution in [3.05, 3.63) is 125 Å². The second-order valence-corrected chi connectivity index (χ2v) is 8.03. The van der Waals surface area contributed by atoms with E-state index >= 15 is 0 Å². The van der Waals surface area contributed by atoms with Crippen LogP contribution in [0.5, 0.6) is 11.5 Å². The van der Waals surface area contributed by atoms with Gasteiger partial charge in [-0.25, -0.2) is 4.79 Å². The minimum atomic E-state index is -1.09. The summed E-state index contributed by atoms with van der Waals surface area (Å²) in [5.74, 6) is -0.142. The Kier molecular flexibility index (Phi) is 6.85. The van der Waals surface area contributed by atoms with Crippen LogP contribution in [-0.4, -0.2) is 23.2 Å². The molecule has 5 nitrogen and oxygen atoms in total. The fraction of sp³-hybridized carbons (Fsp3) is 0.0357. The molecule has 4 rings (SSSR count). The van der Waals surface area contributed by atoms with E-state index in [1.165, 1.54) is 12.1 Å². The molecular formula is C28H22ClNO4. The number of aliphatic hydroxyl groups excluding tert-OH is 1. The molecule has 0 aliphatic carbocycles. The fourth-order valence-corrected chi connectivity index (χ4v) is 3.68. The number of ether oxygens (including phenoxy) is 1. The molecule has 34 heavy (non-hydrogen) atoms. The number of halogens is 1. The zero-order valence-electron chi connectivity index (χ0n) is 18.4. The Morgan fingerprint density at radius 3 is 1.97 bits per heavy atom. The molecule has 4 aromatic rings. The molecule has 4 aromatic carbocycles. The first kappa shape index (κ1) is 23.0. The Bertz CT molecular complexity index is 1320. The number of carbonyl (C=O) groups is 1. The first-order valence-electron chi connectivity index (χ1n) is 10.5. The number of carboxylic acids is 1. The van der Waals surface area contributed by atoms with Gasteiger partial charge < -0.3 is 19.8 Å². The predicted octanol–water partition coefficient (Wildman–Crippen LogP) is 7.55. The largest absolute Gasteiger partial charge is 0.515 e. The van der Waals surface area contributed by atoms with Crippen LogP contribution in [0, 0.1) is 0 Å². The second kappa shape index (κ2) is 10.1. The van der Waals surface area contributed by atoms with Gasteiger partial charge >= 0.3 is 5.97 Å². The molecule has 2 N–H and O–H groups in total. The minimum absolute atomic E-state index is 0.0573. The molecule has 0 atom stereocenters. The number of hydrogen-bond acceptors (Lipinski definition) is 4. The van der Waals surface area contributed by atoms with Gasteiger partial charge in [0.25, 0.3) is 0 Å². The molecule has 6 heteroatoms. The third-order valence-electron chi connectivity index (χ3n) is 5.35. The van der Waals surface area contributed by atoms with Gasteiger partial charge in [0.05, 0.1) is 11.8 Å². The Labute approximate surface area is 202 Å². The van der Waals surface area contributed by atoms with Gasteiger partial charge in [-0.3, -0.25) is 0 Å². The molecule has 170 valence electrons. The van der Waals surface area contributed by atoms with Crippen LogP contribution in [0.25, 0.3) is 5.57 Å². The molecule has 0 fully saturated rings. The summed E-state index contributed by atoms with van der Waals surface area (Å²) in [4.78, 5) is 13.7. The number of para-hydroxylation sites is 1. The maximum Gasteiger partial charge on any atom is 0.335 e. The smallest absolute Gasteiger partial charge is 0.335 e. The molecule has 0 aromatic heterocycles. The molecule has 0 bridgehead atoms. The van der Waals surface area contributed by atoms with Crippen molar-refractivity contribution in [2.24, 2.45) is 0 Å². The minimum Gasteiger partial charge on any atom is -0.515 e. The molecule has 0 spiro atoms. The number of carboxylic acid groups (broad SMARTS) is 1. The third kappa shape index (κ3) is 5.22. The highest BCUT2D eigenvalue weighted by Gasteiger charge is 2.14. The van der Waals surface area contributed by atoms with E-state index in [2.05, 4.69) is 0 Å². The van der Waals surface area contributed by atoms with Crippen molar-refractivity contribution < 1.29 is 19.7 Å². The average molecular weight is 472 g/mol. The van der Waals surface area contributed by atoms with Gasteiger partial charge in [0.15, 0.2) is 0 Å². The van der Waals surface area contributed by atoms with Crippen LogP contribution in [-0.2, 0) is 0 Å². The van der Waals surface area contributed by atoms with Crippen molar-refractivity contribution in [3.63, 3.8) is 0 Å². The SMILES string of the molecule is CN(c1ccc(Cl)cc1)c1ccc(/C(=C\O)c2cc(Oc3ccccc3)cc(C(=O)O)c2)cc1. The van der Waals surface area contributed by atoms with E-state index in [-0.39, 0.29) is 5.56 Å². The summed E-state index contributed by atoms with van der Waals surface area (Å²) >= 11 is 5.99. The molecule has 0 aliphatic rings. The quantitative estimate of drug-likeness (QED) is 0.272. The number of benzene rings is 4.